The highest BCUT2D eigenvalue weighted by molar-refractivity contribution is 6.72. The van der Waals surface area contributed by atoms with Crippen LogP contribution in [0.2, 0.25) is 18.1 Å². The summed E-state index contributed by atoms with van der Waals surface area (Å²) in [7, 11) is -2.72. The largest absolute Gasteiger partial charge is 0.464 e. The molecule has 13 heteroatoms. The van der Waals surface area contributed by atoms with Gasteiger partial charge in [0.15, 0.2) is 14.4 Å². The van der Waals surface area contributed by atoms with E-state index in [-0.39, 0.29) is 24.9 Å². The standard InChI is InChI=1S/C36H69N3O9Si/c1-16-17-18-46-33(43)25(8)37-31(41)27(19-22(2)3)38-32(42)30(24(6)7)47-28(40)20-26(21-36(12,13)49(14,15)45)29(23(4)5)39-34(44)48-35(9,10)11/h22-27,29-30,45H,16-21H2,1-15H3,(H,37,41)(H,38,42)(H,39,44)/t25-,26+,27-,29+,30-/m0/s1. The van der Waals surface area contributed by atoms with Gasteiger partial charge in [-0.1, -0.05) is 68.7 Å². The molecule has 0 heterocycles. The van der Waals surface area contributed by atoms with Crippen molar-refractivity contribution in [2.45, 2.75) is 170 Å². The minimum atomic E-state index is -2.72. The van der Waals surface area contributed by atoms with Crippen molar-refractivity contribution in [3.63, 3.8) is 0 Å². The average Bonchev–Trinajstić information content (AvgIpc) is 2.91. The van der Waals surface area contributed by atoms with E-state index in [1.807, 2.05) is 61.6 Å². The summed E-state index contributed by atoms with van der Waals surface area (Å²) in [5.41, 5.74) is -0.725. The number of amides is 3. The fourth-order valence-corrected chi connectivity index (χ4v) is 5.93. The number of esters is 2. The van der Waals surface area contributed by atoms with Crippen molar-refractivity contribution < 1.29 is 43.0 Å². The van der Waals surface area contributed by atoms with Crippen LogP contribution in [0.3, 0.4) is 0 Å². The second-order valence-corrected chi connectivity index (χ2v) is 21.1. The lowest BCUT2D eigenvalue weighted by atomic mass is 9.82. The molecule has 0 saturated heterocycles. The summed E-state index contributed by atoms with van der Waals surface area (Å²) >= 11 is 0. The van der Waals surface area contributed by atoms with Crippen molar-refractivity contribution >= 4 is 38.2 Å². The van der Waals surface area contributed by atoms with Gasteiger partial charge in [-0.25, -0.2) is 9.59 Å². The Kier molecular flexibility index (Phi) is 19.1. The summed E-state index contributed by atoms with van der Waals surface area (Å²) in [6.07, 6.45) is 0.326. The highest BCUT2D eigenvalue weighted by Crippen LogP contribution is 2.44. The summed E-state index contributed by atoms with van der Waals surface area (Å²) in [5.74, 6) is -3.33. The molecule has 0 spiro atoms. The van der Waals surface area contributed by atoms with E-state index >= 15 is 0 Å². The first-order chi connectivity index (χ1) is 22.2. The normalized spacial score (nSPS) is 15.6. The number of ether oxygens (including phenoxy) is 3. The van der Waals surface area contributed by atoms with Gasteiger partial charge in [0.05, 0.1) is 13.0 Å². The number of hydrogen-bond acceptors (Lipinski definition) is 9. The Hall–Kier alpha value is -2.67. The fraction of sp³-hybridized carbons (Fsp3) is 0.861. The second kappa shape index (κ2) is 20.2. The van der Waals surface area contributed by atoms with Crippen LogP contribution in [0.5, 0.6) is 0 Å². The molecule has 0 rings (SSSR count). The van der Waals surface area contributed by atoms with Gasteiger partial charge >= 0.3 is 18.0 Å². The molecule has 0 aromatic rings. The molecule has 12 nitrogen and oxygen atoms in total. The summed E-state index contributed by atoms with van der Waals surface area (Å²) < 4.78 is 16.6. The molecule has 0 radical (unpaired) electrons. The number of unbranched alkanes of at least 4 members (excludes halogenated alkanes) is 1. The van der Waals surface area contributed by atoms with Crippen molar-refractivity contribution in [2.75, 3.05) is 6.61 Å². The molecule has 0 saturated carbocycles. The molecule has 0 aromatic heterocycles. The minimum Gasteiger partial charge on any atom is -0.464 e. The smallest absolute Gasteiger partial charge is 0.407 e. The van der Waals surface area contributed by atoms with Gasteiger partial charge in [-0.05, 0) is 88.8 Å². The number of hydrogen-bond donors (Lipinski definition) is 4. The van der Waals surface area contributed by atoms with Gasteiger partial charge in [0.25, 0.3) is 5.91 Å². The molecule has 0 aliphatic heterocycles. The number of carbonyl (C=O) groups excluding carboxylic acids is 5. The second-order valence-electron chi connectivity index (χ2n) is 16.6. The van der Waals surface area contributed by atoms with Crippen LogP contribution in [0.25, 0.3) is 0 Å². The van der Waals surface area contributed by atoms with Crippen LogP contribution in [0.1, 0.15) is 122 Å². The van der Waals surface area contributed by atoms with Crippen molar-refractivity contribution in [1.82, 2.24) is 16.0 Å². The maximum absolute atomic E-state index is 13.6. The summed E-state index contributed by atoms with van der Waals surface area (Å²) in [6.45, 7) is 27.8. The number of alkyl carbamates (subject to hydrolysis) is 1. The first-order valence-corrected chi connectivity index (χ1v) is 20.9. The van der Waals surface area contributed by atoms with E-state index in [0.29, 0.717) is 19.3 Å². The van der Waals surface area contributed by atoms with Crippen LogP contribution in [0.4, 0.5) is 4.79 Å². The highest BCUT2D eigenvalue weighted by Gasteiger charge is 2.43. The van der Waals surface area contributed by atoms with E-state index in [1.54, 1.807) is 34.6 Å². The minimum absolute atomic E-state index is 0.0248. The molecule has 0 bridgehead atoms. The number of rotatable bonds is 20. The molecule has 0 aromatic carbocycles. The van der Waals surface area contributed by atoms with Crippen molar-refractivity contribution in [1.29, 1.82) is 0 Å². The third kappa shape index (κ3) is 17.7. The summed E-state index contributed by atoms with van der Waals surface area (Å²) in [5, 5.41) is 7.81. The Bertz CT molecular complexity index is 1080. The van der Waals surface area contributed by atoms with E-state index in [1.165, 1.54) is 6.92 Å². The predicted molar refractivity (Wildman–Crippen MR) is 194 cm³/mol. The molecule has 0 fully saturated rings. The van der Waals surface area contributed by atoms with Crippen LogP contribution >= 0.6 is 0 Å². The van der Waals surface area contributed by atoms with Crippen LogP contribution in [0.15, 0.2) is 0 Å². The zero-order valence-electron chi connectivity index (χ0n) is 33.1. The van der Waals surface area contributed by atoms with E-state index in [0.717, 1.165) is 6.42 Å². The van der Waals surface area contributed by atoms with Gasteiger partial charge in [0, 0.05) is 6.04 Å². The zero-order valence-corrected chi connectivity index (χ0v) is 34.1. The lowest BCUT2D eigenvalue weighted by molar-refractivity contribution is -0.160. The monoisotopic (exact) mass is 715 g/mol. The average molecular weight is 716 g/mol. The zero-order chi connectivity index (χ0) is 38.5. The SMILES string of the molecule is CCCCOC(=O)[C@H](C)NC(=O)[C@H](CC(C)C)NC(=O)[C@@H](OC(=O)C[C@H](CC(C)(C)[Si](C)(C)O)[C@H](NC(=O)OC(C)(C)C)C(C)C)C(C)C. The van der Waals surface area contributed by atoms with Crippen molar-refractivity contribution in [2.24, 2.45) is 23.7 Å². The van der Waals surface area contributed by atoms with E-state index < -0.39 is 84.9 Å². The van der Waals surface area contributed by atoms with Crippen LogP contribution in [0, 0.1) is 23.7 Å². The summed E-state index contributed by atoms with van der Waals surface area (Å²) in [4.78, 5) is 76.8. The Labute approximate surface area is 297 Å². The van der Waals surface area contributed by atoms with Crippen molar-refractivity contribution in [3.8, 4) is 0 Å². The van der Waals surface area contributed by atoms with Gasteiger partial charge < -0.3 is 35.0 Å². The van der Waals surface area contributed by atoms with Gasteiger partial charge in [-0.3, -0.25) is 14.4 Å². The topological polar surface area (TPSA) is 169 Å². The molecule has 49 heavy (non-hydrogen) atoms. The highest BCUT2D eigenvalue weighted by atomic mass is 28.4. The van der Waals surface area contributed by atoms with Crippen LogP contribution < -0.4 is 16.0 Å². The fourth-order valence-electron chi connectivity index (χ4n) is 5.17. The van der Waals surface area contributed by atoms with Gasteiger partial charge in [0.1, 0.15) is 17.7 Å². The molecule has 3 amide bonds. The first-order valence-electron chi connectivity index (χ1n) is 17.9. The lowest BCUT2D eigenvalue weighted by Crippen LogP contribution is -2.54. The maximum atomic E-state index is 13.6. The molecular weight excluding hydrogens is 646 g/mol. The maximum Gasteiger partial charge on any atom is 0.407 e. The van der Waals surface area contributed by atoms with Gasteiger partial charge in [-0.15, -0.1) is 0 Å². The summed E-state index contributed by atoms with van der Waals surface area (Å²) in [6, 6.07) is -2.39. The van der Waals surface area contributed by atoms with Crippen molar-refractivity contribution in [3.05, 3.63) is 0 Å². The Balaban J connectivity index is 6.14. The molecule has 0 aliphatic carbocycles. The van der Waals surface area contributed by atoms with E-state index in [2.05, 4.69) is 16.0 Å². The predicted octanol–water partition coefficient (Wildman–Crippen LogP) is 5.86. The molecule has 0 unspecified atom stereocenters. The lowest BCUT2D eigenvalue weighted by Gasteiger charge is -2.41. The van der Waals surface area contributed by atoms with Crippen LogP contribution in [-0.2, 0) is 33.4 Å². The van der Waals surface area contributed by atoms with E-state index in [9.17, 15) is 28.8 Å². The van der Waals surface area contributed by atoms with E-state index in [4.69, 9.17) is 14.2 Å². The quantitative estimate of drug-likeness (QED) is 0.0522. The third-order valence-corrected chi connectivity index (χ3v) is 12.2. The van der Waals surface area contributed by atoms with Gasteiger partial charge in [0.2, 0.25) is 5.91 Å². The molecular formula is C36H69N3O9Si. The Morgan fingerprint density at radius 2 is 1.39 bits per heavy atom. The molecule has 286 valence electrons. The number of carbonyl (C=O) groups is 5. The third-order valence-electron chi connectivity index (χ3n) is 8.68. The number of nitrogens with one attached hydrogen (secondary N) is 3. The molecule has 5 atom stereocenters. The molecule has 0 aliphatic rings. The van der Waals surface area contributed by atoms with Crippen LogP contribution in [-0.4, -0.2) is 79.4 Å². The van der Waals surface area contributed by atoms with Gasteiger partial charge in [-0.2, -0.15) is 0 Å². The Morgan fingerprint density at radius 1 is 0.816 bits per heavy atom. The Morgan fingerprint density at radius 3 is 1.84 bits per heavy atom. The first kappa shape index (κ1) is 46.3. The molecule has 4 N–H and O–H groups in total.